The van der Waals surface area contributed by atoms with Crippen LogP contribution in [-0.2, 0) is 0 Å². The summed E-state index contributed by atoms with van der Waals surface area (Å²) in [6.45, 7) is 7.21. The standard InChI is InChI=1S/C11H20S/c1-4-11(8(2)3)7-9-5-6-12-10(9)11/h8-10H,4-7H2,1-3H3. The first-order chi connectivity index (χ1) is 5.70. The van der Waals surface area contributed by atoms with Crippen LogP contribution in [0.4, 0.5) is 0 Å². The molecule has 1 heteroatoms. The normalized spacial score (nSPS) is 46.0. The maximum absolute atomic E-state index is 2.42. The van der Waals surface area contributed by atoms with Gasteiger partial charge in [-0.25, -0.2) is 0 Å². The molecule has 70 valence electrons. The largest absolute Gasteiger partial charge is 0.158 e. The summed E-state index contributed by atoms with van der Waals surface area (Å²) in [6, 6.07) is 0. The minimum Gasteiger partial charge on any atom is -0.158 e. The first-order valence-electron chi connectivity index (χ1n) is 5.32. The Morgan fingerprint density at radius 1 is 1.50 bits per heavy atom. The van der Waals surface area contributed by atoms with Crippen LogP contribution in [0.15, 0.2) is 0 Å². The van der Waals surface area contributed by atoms with Crippen molar-refractivity contribution in [3.63, 3.8) is 0 Å². The van der Waals surface area contributed by atoms with Crippen LogP contribution in [0.1, 0.15) is 40.0 Å². The van der Waals surface area contributed by atoms with Crippen molar-refractivity contribution in [3.05, 3.63) is 0 Å². The summed E-state index contributed by atoms with van der Waals surface area (Å²) in [4.78, 5) is 0. The zero-order valence-electron chi connectivity index (χ0n) is 8.47. The van der Waals surface area contributed by atoms with Crippen molar-refractivity contribution in [1.82, 2.24) is 0 Å². The fourth-order valence-corrected chi connectivity index (χ4v) is 5.30. The van der Waals surface area contributed by atoms with Gasteiger partial charge in [-0.1, -0.05) is 20.8 Å². The highest BCUT2D eigenvalue weighted by Crippen LogP contribution is 2.62. The zero-order valence-corrected chi connectivity index (χ0v) is 9.29. The Hall–Kier alpha value is 0.350. The van der Waals surface area contributed by atoms with Gasteiger partial charge in [0, 0.05) is 5.25 Å². The Morgan fingerprint density at radius 2 is 2.25 bits per heavy atom. The van der Waals surface area contributed by atoms with Gasteiger partial charge in [-0.15, -0.1) is 0 Å². The van der Waals surface area contributed by atoms with E-state index in [1.54, 1.807) is 0 Å². The summed E-state index contributed by atoms with van der Waals surface area (Å²) in [7, 11) is 0. The Labute approximate surface area is 80.5 Å². The van der Waals surface area contributed by atoms with Gasteiger partial charge in [0.2, 0.25) is 0 Å². The summed E-state index contributed by atoms with van der Waals surface area (Å²) < 4.78 is 0. The number of rotatable bonds is 2. The van der Waals surface area contributed by atoms with E-state index in [1.807, 2.05) is 0 Å². The molecule has 0 aromatic heterocycles. The Balaban J connectivity index is 2.11. The van der Waals surface area contributed by atoms with Gasteiger partial charge in [0.15, 0.2) is 0 Å². The van der Waals surface area contributed by atoms with E-state index in [-0.39, 0.29) is 0 Å². The fraction of sp³-hybridized carbons (Fsp3) is 1.00. The summed E-state index contributed by atoms with van der Waals surface area (Å²) in [6.07, 6.45) is 4.43. The Bertz CT molecular complexity index is 176. The Kier molecular flexibility index (Phi) is 2.18. The van der Waals surface area contributed by atoms with E-state index < -0.39 is 0 Å². The van der Waals surface area contributed by atoms with E-state index in [0.29, 0.717) is 0 Å². The average molecular weight is 184 g/mol. The third kappa shape index (κ3) is 0.982. The van der Waals surface area contributed by atoms with Crippen LogP contribution in [-0.4, -0.2) is 11.0 Å². The highest BCUT2D eigenvalue weighted by Gasteiger charge is 2.55. The molecule has 1 aliphatic carbocycles. The van der Waals surface area contributed by atoms with E-state index >= 15 is 0 Å². The second-order valence-corrected chi connectivity index (χ2v) is 6.04. The van der Waals surface area contributed by atoms with Crippen LogP contribution in [0.3, 0.4) is 0 Å². The van der Waals surface area contributed by atoms with Crippen LogP contribution < -0.4 is 0 Å². The van der Waals surface area contributed by atoms with Gasteiger partial charge in [-0.05, 0) is 42.3 Å². The first kappa shape index (κ1) is 8.93. The van der Waals surface area contributed by atoms with E-state index in [4.69, 9.17) is 0 Å². The van der Waals surface area contributed by atoms with Gasteiger partial charge >= 0.3 is 0 Å². The van der Waals surface area contributed by atoms with Crippen LogP contribution in [0.2, 0.25) is 0 Å². The Morgan fingerprint density at radius 3 is 2.75 bits per heavy atom. The highest BCUT2D eigenvalue weighted by molar-refractivity contribution is 8.00. The minimum atomic E-state index is 0.728. The molecule has 1 saturated heterocycles. The molecule has 0 radical (unpaired) electrons. The number of hydrogen-bond donors (Lipinski definition) is 0. The maximum atomic E-state index is 2.42. The molecular weight excluding hydrogens is 164 g/mol. The maximum Gasteiger partial charge on any atom is 0.0135 e. The minimum absolute atomic E-state index is 0.728. The van der Waals surface area contributed by atoms with Gasteiger partial charge in [0.05, 0.1) is 0 Å². The van der Waals surface area contributed by atoms with Gasteiger partial charge < -0.3 is 0 Å². The molecule has 0 aromatic carbocycles. The van der Waals surface area contributed by atoms with Crippen molar-refractivity contribution in [1.29, 1.82) is 0 Å². The molecule has 1 saturated carbocycles. The summed E-state index contributed by atoms with van der Waals surface area (Å²) in [5.41, 5.74) is 0.728. The lowest BCUT2D eigenvalue weighted by molar-refractivity contribution is 0.0192. The van der Waals surface area contributed by atoms with Gasteiger partial charge in [-0.3, -0.25) is 0 Å². The molecule has 0 aromatic rings. The van der Waals surface area contributed by atoms with Crippen molar-refractivity contribution >= 4 is 11.8 Å². The molecule has 2 aliphatic rings. The van der Waals surface area contributed by atoms with E-state index in [0.717, 1.165) is 22.5 Å². The summed E-state index contributed by atoms with van der Waals surface area (Å²) in [5.74, 6) is 3.43. The molecule has 1 heterocycles. The van der Waals surface area contributed by atoms with Gasteiger partial charge in [0.1, 0.15) is 0 Å². The van der Waals surface area contributed by atoms with Crippen molar-refractivity contribution < 1.29 is 0 Å². The van der Waals surface area contributed by atoms with Crippen LogP contribution >= 0.6 is 11.8 Å². The predicted molar refractivity (Wildman–Crippen MR) is 56.5 cm³/mol. The summed E-state index contributed by atoms with van der Waals surface area (Å²) in [5, 5.41) is 1.03. The van der Waals surface area contributed by atoms with Gasteiger partial charge in [0.25, 0.3) is 0 Å². The average Bonchev–Trinajstić information content (AvgIpc) is 2.34. The molecule has 0 bridgehead atoms. The van der Waals surface area contributed by atoms with Crippen LogP contribution in [0.5, 0.6) is 0 Å². The molecule has 12 heavy (non-hydrogen) atoms. The van der Waals surface area contributed by atoms with Gasteiger partial charge in [-0.2, -0.15) is 11.8 Å². The molecule has 0 spiro atoms. The SMILES string of the molecule is CCC1(C(C)C)CC2CCSC21. The lowest BCUT2D eigenvalue weighted by Crippen LogP contribution is -2.51. The molecule has 3 atom stereocenters. The van der Waals surface area contributed by atoms with E-state index in [9.17, 15) is 0 Å². The smallest absolute Gasteiger partial charge is 0.0135 e. The molecule has 1 aliphatic heterocycles. The number of fused-ring (bicyclic) bond motifs is 1. The van der Waals surface area contributed by atoms with Crippen LogP contribution in [0, 0.1) is 17.3 Å². The zero-order chi connectivity index (χ0) is 8.77. The predicted octanol–water partition coefficient (Wildman–Crippen LogP) is 3.56. The molecule has 2 fully saturated rings. The van der Waals surface area contributed by atoms with Crippen molar-refractivity contribution in [2.75, 3.05) is 5.75 Å². The second-order valence-electron chi connectivity index (χ2n) is 4.79. The van der Waals surface area contributed by atoms with E-state index in [2.05, 4.69) is 32.5 Å². The molecule has 0 N–H and O–H groups in total. The molecule has 0 amide bonds. The fourth-order valence-electron chi connectivity index (χ4n) is 3.24. The highest BCUT2D eigenvalue weighted by atomic mass is 32.2. The number of thioether (sulfide) groups is 1. The third-order valence-corrected chi connectivity index (χ3v) is 5.92. The van der Waals surface area contributed by atoms with E-state index in [1.165, 1.54) is 25.0 Å². The molecule has 2 rings (SSSR count). The lowest BCUT2D eigenvalue weighted by Gasteiger charge is -2.55. The quantitative estimate of drug-likeness (QED) is 0.632. The van der Waals surface area contributed by atoms with Crippen molar-refractivity contribution in [2.24, 2.45) is 17.3 Å². The number of hydrogen-bond acceptors (Lipinski definition) is 1. The molecule has 3 unspecified atom stereocenters. The molecule has 0 nitrogen and oxygen atoms in total. The molecular formula is C11H20S. The van der Waals surface area contributed by atoms with Crippen molar-refractivity contribution in [2.45, 2.75) is 45.3 Å². The van der Waals surface area contributed by atoms with Crippen molar-refractivity contribution in [3.8, 4) is 0 Å². The lowest BCUT2D eigenvalue weighted by atomic mass is 9.54. The topological polar surface area (TPSA) is 0 Å². The second kappa shape index (κ2) is 2.94. The third-order valence-electron chi connectivity index (χ3n) is 4.23. The monoisotopic (exact) mass is 184 g/mol. The first-order valence-corrected chi connectivity index (χ1v) is 6.37. The van der Waals surface area contributed by atoms with Crippen LogP contribution in [0.25, 0.3) is 0 Å². The summed E-state index contributed by atoms with van der Waals surface area (Å²) >= 11 is 2.25.